The largest absolute Gasteiger partial charge is 0.497 e. The number of thioether (sulfide) groups is 2. The minimum atomic E-state index is -0.0463. The Bertz CT molecular complexity index is 989. The third kappa shape index (κ3) is 6.77. The number of aryl methyl sites for hydroxylation is 2. The van der Waals surface area contributed by atoms with E-state index in [0.717, 1.165) is 53.1 Å². The van der Waals surface area contributed by atoms with Crippen molar-refractivity contribution < 1.29 is 9.53 Å². The predicted molar refractivity (Wildman–Crippen MR) is 128 cm³/mol. The van der Waals surface area contributed by atoms with Crippen molar-refractivity contribution in [3.05, 3.63) is 59.9 Å². The highest BCUT2D eigenvalue weighted by atomic mass is 32.2. The summed E-state index contributed by atoms with van der Waals surface area (Å²) in [7, 11) is 1.68. The standard InChI is InChI=1S/C23H28N4O2S2/c1-4-27-21(10-5-7-17-11-13-19(29-2)14-12-17)25-26-23(27)31-16-22(28)24-18-8-6-9-20(15-18)30-3/h6,8-9,11-15H,4-5,7,10,16H2,1-3H3,(H,24,28). The molecule has 1 heterocycles. The smallest absolute Gasteiger partial charge is 0.234 e. The maximum Gasteiger partial charge on any atom is 0.234 e. The Kier molecular flexibility index (Phi) is 8.85. The fraction of sp³-hybridized carbons (Fsp3) is 0.348. The molecular weight excluding hydrogens is 428 g/mol. The summed E-state index contributed by atoms with van der Waals surface area (Å²) in [5, 5.41) is 12.4. The van der Waals surface area contributed by atoms with E-state index >= 15 is 0 Å². The van der Waals surface area contributed by atoms with Crippen molar-refractivity contribution in [3.63, 3.8) is 0 Å². The van der Waals surface area contributed by atoms with Gasteiger partial charge in [-0.05, 0) is 61.9 Å². The number of benzene rings is 2. The highest BCUT2D eigenvalue weighted by molar-refractivity contribution is 7.99. The van der Waals surface area contributed by atoms with Crippen LogP contribution in [0.1, 0.15) is 24.7 Å². The van der Waals surface area contributed by atoms with Gasteiger partial charge in [0.15, 0.2) is 5.16 Å². The lowest BCUT2D eigenvalue weighted by molar-refractivity contribution is -0.113. The Morgan fingerprint density at radius 2 is 1.94 bits per heavy atom. The third-order valence-corrected chi connectivity index (χ3v) is 6.51. The first-order chi connectivity index (χ1) is 15.1. The molecule has 31 heavy (non-hydrogen) atoms. The molecule has 0 saturated carbocycles. The van der Waals surface area contributed by atoms with E-state index in [4.69, 9.17) is 4.74 Å². The van der Waals surface area contributed by atoms with E-state index in [1.807, 2.05) is 42.7 Å². The molecule has 0 aliphatic carbocycles. The number of anilines is 1. The third-order valence-electron chi connectivity index (χ3n) is 4.82. The number of amides is 1. The van der Waals surface area contributed by atoms with Crippen molar-refractivity contribution in [1.82, 2.24) is 14.8 Å². The van der Waals surface area contributed by atoms with Crippen LogP contribution in [0, 0.1) is 0 Å². The molecule has 0 bridgehead atoms. The number of nitrogens with one attached hydrogen (secondary N) is 1. The van der Waals surface area contributed by atoms with E-state index in [1.165, 1.54) is 17.3 Å². The summed E-state index contributed by atoms with van der Waals surface area (Å²) in [6.45, 7) is 2.86. The van der Waals surface area contributed by atoms with Crippen molar-refractivity contribution in [2.75, 3.05) is 24.4 Å². The van der Waals surface area contributed by atoms with Crippen molar-refractivity contribution in [1.29, 1.82) is 0 Å². The lowest BCUT2D eigenvalue weighted by atomic mass is 10.1. The Balaban J connectivity index is 1.51. The van der Waals surface area contributed by atoms with Crippen LogP contribution < -0.4 is 10.1 Å². The molecule has 3 rings (SSSR count). The van der Waals surface area contributed by atoms with Gasteiger partial charge in [0.1, 0.15) is 11.6 Å². The Labute approximate surface area is 192 Å². The van der Waals surface area contributed by atoms with Gasteiger partial charge in [0.25, 0.3) is 0 Å². The summed E-state index contributed by atoms with van der Waals surface area (Å²) in [4.78, 5) is 13.5. The van der Waals surface area contributed by atoms with Gasteiger partial charge in [0.2, 0.25) is 5.91 Å². The molecule has 0 aliphatic rings. The molecule has 1 amide bonds. The van der Waals surface area contributed by atoms with Crippen LogP contribution in [0.5, 0.6) is 5.75 Å². The number of hydrogen-bond acceptors (Lipinski definition) is 6. The number of nitrogens with zero attached hydrogens (tertiary/aromatic N) is 3. The Hall–Kier alpha value is -2.45. The second-order valence-electron chi connectivity index (χ2n) is 6.91. The molecular formula is C23H28N4O2S2. The van der Waals surface area contributed by atoms with Crippen molar-refractivity contribution in [2.45, 2.75) is 42.8 Å². The first-order valence-electron chi connectivity index (χ1n) is 10.2. The molecule has 2 aromatic carbocycles. The van der Waals surface area contributed by atoms with Crippen LogP contribution in [-0.4, -0.2) is 39.8 Å². The molecule has 0 fully saturated rings. The fourth-order valence-electron chi connectivity index (χ4n) is 3.20. The summed E-state index contributed by atoms with van der Waals surface area (Å²) < 4.78 is 7.30. The predicted octanol–water partition coefficient (Wildman–Crippen LogP) is 4.93. The van der Waals surface area contributed by atoms with Crippen LogP contribution in [0.2, 0.25) is 0 Å². The average Bonchev–Trinajstić information content (AvgIpc) is 3.20. The van der Waals surface area contributed by atoms with Crippen LogP contribution in [0.4, 0.5) is 5.69 Å². The SMILES string of the molecule is CCn1c(CCCc2ccc(OC)cc2)nnc1SCC(=O)Nc1cccc(SC)c1. The normalized spacial score (nSPS) is 10.8. The molecule has 1 aromatic heterocycles. The maximum absolute atomic E-state index is 12.4. The first-order valence-corrected chi connectivity index (χ1v) is 12.5. The average molecular weight is 457 g/mol. The van der Waals surface area contributed by atoms with Gasteiger partial charge in [-0.3, -0.25) is 4.79 Å². The molecule has 3 aromatic rings. The molecule has 8 heteroatoms. The molecule has 0 saturated heterocycles. The van der Waals surface area contributed by atoms with Crippen molar-refractivity contribution >= 4 is 35.1 Å². The Morgan fingerprint density at radius 3 is 2.65 bits per heavy atom. The summed E-state index contributed by atoms with van der Waals surface area (Å²) in [5.74, 6) is 2.09. The highest BCUT2D eigenvalue weighted by Gasteiger charge is 2.13. The highest BCUT2D eigenvalue weighted by Crippen LogP contribution is 2.21. The first kappa shape index (κ1) is 23.2. The zero-order chi connectivity index (χ0) is 22.1. The maximum atomic E-state index is 12.4. The molecule has 6 nitrogen and oxygen atoms in total. The number of carbonyl (C=O) groups is 1. The van der Waals surface area contributed by atoms with Gasteiger partial charge in [0, 0.05) is 23.5 Å². The lowest BCUT2D eigenvalue weighted by Crippen LogP contribution is -2.14. The van der Waals surface area contributed by atoms with Crippen LogP contribution in [0.15, 0.2) is 58.6 Å². The van der Waals surface area contributed by atoms with E-state index in [2.05, 4.69) is 39.1 Å². The minimum Gasteiger partial charge on any atom is -0.497 e. The second kappa shape index (κ2) is 11.8. The van der Waals surface area contributed by atoms with E-state index in [0.29, 0.717) is 5.75 Å². The zero-order valence-corrected chi connectivity index (χ0v) is 19.8. The van der Waals surface area contributed by atoms with Crippen LogP contribution in [0.3, 0.4) is 0 Å². The van der Waals surface area contributed by atoms with Crippen LogP contribution in [-0.2, 0) is 24.2 Å². The van der Waals surface area contributed by atoms with Gasteiger partial charge in [-0.25, -0.2) is 0 Å². The summed E-state index contributed by atoms with van der Waals surface area (Å²) in [6, 6.07) is 16.0. The minimum absolute atomic E-state index is 0.0463. The van der Waals surface area contributed by atoms with E-state index < -0.39 is 0 Å². The van der Waals surface area contributed by atoms with Crippen molar-refractivity contribution in [3.8, 4) is 5.75 Å². The molecule has 164 valence electrons. The summed E-state index contributed by atoms with van der Waals surface area (Å²) in [6.07, 6.45) is 4.83. The van der Waals surface area contributed by atoms with E-state index in [-0.39, 0.29) is 5.91 Å². The summed E-state index contributed by atoms with van der Waals surface area (Å²) in [5.41, 5.74) is 2.09. The molecule has 0 atom stereocenters. The second-order valence-corrected chi connectivity index (χ2v) is 8.74. The lowest BCUT2D eigenvalue weighted by Gasteiger charge is -2.08. The molecule has 0 unspecified atom stereocenters. The van der Waals surface area contributed by atoms with Gasteiger partial charge in [-0.15, -0.1) is 22.0 Å². The number of rotatable bonds is 11. The van der Waals surface area contributed by atoms with Gasteiger partial charge in [-0.2, -0.15) is 0 Å². The van der Waals surface area contributed by atoms with Gasteiger partial charge in [-0.1, -0.05) is 30.0 Å². The topological polar surface area (TPSA) is 69.0 Å². The Morgan fingerprint density at radius 1 is 1.13 bits per heavy atom. The number of ether oxygens (including phenoxy) is 1. The molecule has 0 spiro atoms. The zero-order valence-electron chi connectivity index (χ0n) is 18.1. The number of hydrogen-bond donors (Lipinski definition) is 1. The molecule has 1 N–H and O–H groups in total. The summed E-state index contributed by atoms with van der Waals surface area (Å²) >= 11 is 3.07. The number of methoxy groups -OCH3 is 1. The number of aromatic nitrogens is 3. The van der Waals surface area contributed by atoms with Gasteiger partial charge >= 0.3 is 0 Å². The van der Waals surface area contributed by atoms with Crippen LogP contribution in [0.25, 0.3) is 0 Å². The fourth-order valence-corrected chi connectivity index (χ4v) is 4.48. The number of carbonyl (C=O) groups excluding carboxylic acids is 1. The monoisotopic (exact) mass is 456 g/mol. The van der Waals surface area contributed by atoms with Crippen LogP contribution >= 0.6 is 23.5 Å². The molecule has 0 radical (unpaired) electrons. The van der Waals surface area contributed by atoms with Gasteiger partial charge in [0.05, 0.1) is 12.9 Å². The van der Waals surface area contributed by atoms with Crippen molar-refractivity contribution in [2.24, 2.45) is 0 Å². The van der Waals surface area contributed by atoms with Gasteiger partial charge < -0.3 is 14.6 Å². The van der Waals surface area contributed by atoms with E-state index in [1.54, 1.807) is 18.9 Å². The quantitative estimate of drug-likeness (QED) is 0.413. The molecule has 0 aliphatic heterocycles. The van der Waals surface area contributed by atoms with E-state index in [9.17, 15) is 4.79 Å².